The zero-order chi connectivity index (χ0) is 44.3. The Morgan fingerprint density at radius 3 is 1.55 bits per heavy atom. The van der Waals surface area contributed by atoms with Crippen molar-refractivity contribution < 1.29 is 42.1 Å². The van der Waals surface area contributed by atoms with Crippen molar-refractivity contribution in [2.24, 2.45) is 0 Å². The van der Waals surface area contributed by atoms with Gasteiger partial charge in [-0.05, 0) is 77.0 Å². The van der Waals surface area contributed by atoms with E-state index in [1.54, 1.807) is 0 Å². The van der Waals surface area contributed by atoms with Crippen molar-refractivity contribution in [3.8, 4) is 0 Å². The minimum atomic E-state index is -4.40. The molecule has 0 aromatic heterocycles. The van der Waals surface area contributed by atoms with Gasteiger partial charge in [0.05, 0.1) is 27.7 Å². The van der Waals surface area contributed by atoms with Crippen molar-refractivity contribution in [2.75, 3.05) is 47.5 Å². The van der Waals surface area contributed by atoms with E-state index in [-0.39, 0.29) is 26.1 Å². The minimum Gasteiger partial charge on any atom is -0.462 e. The fraction of sp³-hybridized carbons (Fsp3) is 0.600. The number of ether oxygens (including phenoxy) is 2. The number of carbonyl (C=O) groups excluding carboxylic acids is 2. The smallest absolute Gasteiger partial charge is 0.462 e. The maximum Gasteiger partial charge on any atom is 0.472 e. The molecule has 0 rings (SSSR count). The number of likely N-dealkylation sites (N-methyl/N-ethyl adjacent to an activating group) is 1. The molecule has 0 spiro atoms. The van der Waals surface area contributed by atoms with Gasteiger partial charge in [-0.2, -0.15) is 0 Å². The Kier molecular flexibility index (Phi) is 38.8. The number of rotatable bonds is 39. The van der Waals surface area contributed by atoms with E-state index < -0.39 is 32.5 Å². The third kappa shape index (κ3) is 44.2. The van der Waals surface area contributed by atoms with Crippen molar-refractivity contribution in [2.45, 2.75) is 148 Å². The van der Waals surface area contributed by atoms with Crippen molar-refractivity contribution in [3.63, 3.8) is 0 Å². The van der Waals surface area contributed by atoms with Crippen LogP contribution in [-0.2, 0) is 32.7 Å². The predicted octanol–water partition coefficient (Wildman–Crippen LogP) is 13.1. The van der Waals surface area contributed by atoms with Crippen molar-refractivity contribution in [3.05, 3.63) is 109 Å². The first kappa shape index (κ1) is 56.7. The molecule has 9 nitrogen and oxygen atoms in total. The third-order valence-electron chi connectivity index (χ3n) is 8.89. The number of phosphoric ester groups is 1. The number of nitrogens with zero attached hydrogens (tertiary/aromatic N) is 1. The van der Waals surface area contributed by atoms with Gasteiger partial charge >= 0.3 is 19.8 Å². The van der Waals surface area contributed by atoms with Crippen LogP contribution in [0.15, 0.2) is 109 Å². The number of allylic oxidation sites excluding steroid dienone is 18. The average Bonchev–Trinajstić information content (AvgIpc) is 3.20. The van der Waals surface area contributed by atoms with Gasteiger partial charge in [0.1, 0.15) is 19.8 Å². The van der Waals surface area contributed by atoms with Gasteiger partial charge in [0, 0.05) is 12.8 Å². The summed E-state index contributed by atoms with van der Waals surface area (Å²) in [5, 5.41) is 0. The zero-order valence-electron chi connectivity index (χ0n) is 38.1. The summed E-state index contributed by atoms with van der Waals surface area (Å²) < 4.78 is 34.2. The second-order valence-electron chi connectivity index (χ2n) is 15.8. The van der Waals surface area contributed by atoms with Crippen molar-refractivity contribution in [1.82, 2.24) is 0 Å². The molecule has 0 amide bonds. The Bertz CT molecular complexity index is 1380. The van der Waals surface area contributed by atoms with E-state index in [2.05, 4.69) is 86.8 Å². The van der Waals surface area contributed by atoms with Crippen LogP contribution in [0.4, 0.5) is 0 Å². The van der Waals surface area contributed by atoms with Gasteiger partial charge in [0.25, 0.3) is 0 Å². The number of quaternary nitrogens is 1. The second-order valence-corrected chi connectivity index (χ2v) is 17.2. The van der Waals surface area contributed by atoms with E-state index in [0.29, 0.717) is 23.9 Å². The van der Waals surface area contributed by atoms with Crippen LogP contribution in [0.25, 0.3) is 0 Å². The van der Waals surface area contributed by atoms with Gasteiger partial charge in [-0.15, -0.1) is 0 Å². The van der Waals surface area contributed by atoms with E-state index in [4.69, 9.17) is 18.5 Å². The van der Waals surface area contributed by atoms with Crippen LogP contribution in [0.1, 0.15) is 142 Å². The monoisotopic (exact) mass is 857 g/mol. The van der Waals surface area contributed by atoms with Crippen LogP contribution in [0.2, 0.25) is 0 Å². The van der Waals surface area contributed by atoms with Crippen LogP contribution >= 0.6 is 7.82 Å². The molecule has 0 radical (unpaired) electrons. The van der Waals surface area contributed by atoms with Gasteiger partial charge in [-0.25, -0.2) is 4.57 Å². The van der Waals surface area contributed by atoms with Crippen LogP contribution in [0.3, 0.4) is 0 Å². The van der Waals surface area contributed by atoms with Crippen LogP contribution in [0.5, 0.6) is 0 Å². The van der Waals surface area contributed by atoms with Crippen molar-refractivity contribution >= 4 is 19.8 Å². The molecular weight excluding hydrogens is 774 g/mol. The molecule has 0 saturated carbocycles. The lowest BCUT2D eigenvalue weighted by atomic mass is 10.1. The maximum atomic E-state index is 12.7. The Balaban J connectivity index is 4.37. The number of esters is 2. The summed E-state index contributed by atoms with van der Waals surface area (Å²) in [4.78, 5) is 35.4. The summed E-state index contributed by atoms with van der Waals surface area (Å²) in [5.41, 5.74) is 0. The van der Waals surface area contributed by atoms with Crippen LogP contribution in [0, 0.1) is 0 Å². The Morgan fingerprint density at radius 2 is 0.983 bits per heavy atom. The van der Waals surface area contributed by atoms with Gasteiger partial charge in [-0.3, -0.25) is 18.6 Å². The summed E-state index contributed by atoms with van der Waals surface area (Å²) in [6.45, 7) is 4.07. The molecule has 0 aliphatic heterocycles. The van der Waals surface area contributed by atoms with Crippen LogP contribution in [-0.4, -0.2) is 74.9 Å². The molecule has 1 N–H and O–H groups in total. The molecule has 0 fully saturated rings. The highest BCUT2D eigenvalue weighted by molar-refractivity contribution is 7.47. The molecule has 0 aromatic carbocycles. The summed E-state index contributed by atoms with van der Waals surface area (Å²) in [6.07, 6.45) is 55.7. The first-order valence-electron chi connectivity index (χ1n) is 22.7. The van der Waals surface area contributed by atoms with Gasteiger partial charge < -0.3 is 18.9 Å². The van der Waals surface area contributed by atoms with Crippen molar-refractivity contribution in [1.29, 1.82) is 0 Å². The molecule has 2 unspecified atom stereocenters. The highest BCUT2D eigenvalue weighted by atomic mass is 31.2. The largest absolute Gasteiger partial charge is 0.472 e. The first-order chi connectivity index (χ1) is 29.0. The van der Waals surface area contributed by atoms with E-state index >= 15 is 0 Å². The molecule has 10 heteroatoms. The molecule has 340 valence electrons. The fourth-order valence-corrected chi connectivity index (χ4v) is 6.14. The third-order valence-corrected chi connectivity index (χ3v) is 9.88. The number of unbranched alkanes of at least 4 members (excludes halogenated alkanes) is 10. The topological polar surface area (TPSA) is 108 Å². The Hall–Kier alpha value is -3.33. The fourth-order valence-electron chi connectivity index (χ4n) is 5.40. The number of phosphoric acid groups is 1. The lowest BCUT2D eigenvalue weighted by Crippen LogP contribution is -2.37. The maximum absolute atomic E-state index is 12.7. The molecule has 0 saturated heterocycles. The highest BCUT2D eigenvalue weighted by Crippen LogP contribution is 2.43. The Labute approximate surface area is 366 Å². The molecular formula is C50H83NO8P+. The minimum absolute atomic E-state index is 0.0149. The normalized spacial score (nSPS) is 14.6. The number of carbonyl (C=O) groups is 2. The molecule has 0 aromatic rings. The van der Waals surface area contributed by atoms with Gasteiger partial charge in [-0.1, -0.05) is 162 Å². The second kappa shape index (κ2) is 41.0. The average molecular weight is 857 g/mol. The molecule has 0 heterocycles. The van der Waals surface area contributed by atoms with Gasteiger partial charge in [0.15, 0.2) is 6.10 Å². The molecule has 60 heavy (non-hydrogen) atoms. The quantitative estimate of drug-likeness (QED) is 0.0163. The predicted molar refractivity (Wildman–Crippen MR) is 251 cm³/mol. The molecule has 0 aliphatic rings. The zero-order valence-corrected chi connectivity index (χ0v) is 39.0. The number of hydrogen-bond donors (Lipinski definition) is 1. The van der Waals surface area contributed by atoms with E-state index in [9.17, 15) is 19.0 Å². The van der Waals surface area contributed by atoms with Gasteiger partial charge in [0.2, 0.25) is 0 Å². The molecule has 0 aliphatic carbocycles. The van der Waals surface area contributed by atoms with E-state index in [1.807, 2.05) is 57.6 Å². The van der Waals surface area contributed by atoms with Crippen LogP contribution < -0.4 is 0 Å². The first-order valence-corrected chi connectivity index (χ1v) is 24.2. The summed E-state index contributed by atoms with van der Waals surface area (Å²) in [6, 6.07) is 0. The summed E-state index contributed by atoms with van der Waals surface area (Å²) in [5.74, 6) is -0.870. The summed E-state index contributed by atoms with van der Waals surface area (Å²) >= 11 is 0. The lowest BCUT2D eigenvalue weighted by Gasteiger charge is -2.24. The lowest BCUT2D eigenvalue weighted by molar-refractivity contribution is -0.870. The standard InChI is InChI=1S/C50H82NO8P/c1-6-8-10-12-14-16-18-20-21-22-23-24-25-26-27-28-29-31-32-34-36-38-40-42-49(52)56-46-48(47-58-60(54,55)57-45-44-51(3,4)5)59-50(53)43-41-39-37-35-33-30-19-17-15-13-11-9-7-2/h8-11,13-17,19-21,23-24,26-27,30,33,48H,6-7,12,18,22,25,28-29,31-32,34-47H2,1-5H3/p+1/b10-8+,11-9+,15-13+,16-14+,19-17+,21-20+,24-23+,27-26+,33-30+. The molecule has 2 atom stereocenters. The van der Waals surface area contributed by atoms with E-state index in [0.717, 1.165) is 83.5 Å². The Morgan fingerprint density at radius 1 is 0.533 bits per heavy atom. The highest BCUT2D eigenvalue weighted by Gasteiger charge is 2.27. The summed E-state index contributed by atoms with van der Waals surface area (Å²) in [7, 11) is 1.42. The molecule has 0 bridgehead atoms. The SMILES string of the molecule is CC/C=C/C=C/C=C/C=C/CCCCCC(=O)OC(COC(=O)CCCCCCCCC/C=C/C/C=C/C/C=C/C/C=C/C/C=C/CC)COP(=O)(O)OCC[N+](C)(C)C. The van der Waals surface area contributed by atoms with E-state index in [1.165, 1.54) is 19.3 Å². The number of hydrogen-bond acceptors (Lipinski definition) is 7.